The summed E-state index contributed by atoms with van der Waals surface area (Å²) in [5, 5.41) is 23.6. The Kier molecular flexibility index (Phi) is 14.3. The van der Waals surface area contributed by atoms with Crippen LogP contribution in [0.4, 0.5) is 0 Å². The van der Waals surface area contributed by atoms with Crippen LogP contribution in [0.5, 0.6) is 0 Å². The lowest BCUT2D eigenvalue weighted by Gasteiger charge is -2.15. The molecule has 126 heavy (non-hydrogen) atoms. The van der Waals surface area contributed by atoms with Crippen LogP contribution in [-0.4, -0.2) is 47.3 Å². The fourth-order valence-corrected chi connectivity index (χ4v) is 21.3. The molecule has 0 aliphatic carbocycles. The Bertz CT molecular complexity index is 9660. The Balaban J connectivity index is 0.549. The standard InChI is InChI=1S/C116H68N10/c1-2-24-72-63-77(50-45-69(72)22-1)113-115(119-94-35-13-11-33-92(94)117-113)125-97-37-15-5-27-84(97)86-56-54-81(67-107(86)125)122-100-40-18-8-30-89(100)110-104(122)59-58-103-109(110)88-29-7-17-39-99(88)121(103)80-53-52-75-62-73(48-49-76(75)66-80)74-47-44-70-46-51-78(65-79(70)64-74)114-116(120-95-36-14-12-34-93(95)118-114)126-98-38-16-6-28-85(98)87-57-55-82(68-108(87)126)123-101-41-19-9-31-90(101)111-105(123)60-61-106-112(111)91-32-10-20-42-102(91)124(106)96-43-21-25-71-23-3-4-26-83(71)96/h1-68H. The zero-order chi connectivity index (χ0) is 82.1. The Hall–Kier alpha value is -17.1. The molecular formula is C116H68N10. The maximum Gasteiger partial charge on any atom is 0.165 e. The molecule has 8 heterocycles. The van der Waals surface area contributed by atoms with E-state index < -0.39 is 0 Å². The maximum absolute atomic E-state index is 5.68. The fourth-order valence-electron chi connectivity index (χ4n) is 21.3. The Morgan fingerprint density at radius 2 is 0.452 bits per heavy atom. The predicted octanol–water partition coefficient (Wildman–Crippen LogP) is 29.8. The summed E-state index contributed by atoms with van der Waals surface area (Å²) < 4.78 is 14.6. The number of fused-ring (bicyclic) bond motifs is 26. The summed E-state index contributed by atoms with van der Waals surface area (Å²) in [5.41, 5.74) is 27.0. The first kappa shape index (κ1) is 68.7. The third-order valence-corrected chi connectivity index (χ3v) is 26.9. The van der Waals surface area contributed by atoms with Crippen molar-refractivity contribution in [2.24, 2.45) is 0 Å². The van der Waals surface area contributed by atoms with Gasteiger partial charge in [0.15, 0.2) is 11.6 Å². The van der Waals surface area contributed by atoms with Crippen LogP contribution in [0.25, 0.3) is 264 Å². The van der Waals surface area contributed by atoms with Crippen molar-refractivity contribution < 1.29 is 0 Å². The number of hydrogen-bond donors (Lipinski definition) is 0. The van der Waals surface area contributed by atoms with Gasteiger partial charge in [-0.15, -0.1) is 0 Å². The second-order valence-corrected chi connectivity index (χ2v) is 33.6. The predicted molar refractivity (Wildman–Crippen MR) is 525 cm³/mol. The number of aromatic nitrogens is 10. The minimum absolute atomic E-state index is 0.765. The van der Waals surface area contributed by atoms with Crippen molar-refractivity contribution in [2.75, 3.05) is 0 Å². The molecule has 8 aromatic heterocycles. The average molecular weight is 1600 g/mol. The molecule has 0 bridgehead atoms. The molecule has 20 aromatic carbocycles. The summed E-state index contributed by atoms with van der Waals surface area (Å²) in [6.07, 6.45) is 0. The first-order valence-corrected chi connectivity index (χ1v) is 43.1. The van der Waals surface area contributed by atoms with Gasteiger partial charge in [-0.1, -0.05) is 261 Å². The number of para-hydroxylation sites is 10. The molecule has 28 rings (SSSR count). The summed E-state index contributed by atoms with van der Waals surface area (Å²) >= 11 is 0. The molecule has 10 nitrogen and oxygen atoms in total. The molecule has 0 aliphatic rings. The van der Waals surface area contributed by atoms with Gasteiger partial charge in [0, 0.05) is 98.2 Å². The molecule has 0 radical (unpaired) electrons. The van der Waals surface area contributed by atoms with Crippen LogP contribution in [0.15, 0.2) is 413 Å². The molecule has 0 unspecified atom stereocenters. The van der Waals surface area contributed by atoms with Crippen molar-refractivity contribution in [2.45, 2.75) is 0 Å². The van der Waals surface area contributed by atoms with Gasteiger partial charge in [0.2, 0.25) is 0 Å². The molecule has 0 spiro atoms. The zero-order valence-corrected chi connectivity index (χ0v) is 67.7. The van der Waals surface area contributed by atoms with Crippen LogP contribution in [0, 0.1) is 0 Å². The highest BCUT2D eigenvalue weighted by Gasteiger charge is 2.28. The summed E-state index contributed by atoms with van der Waals surface area (Å²) in [7, 11) is 0. The van der Waals surface area contributed by atoms with Gasteiger partial charge in [-0.2, -0.15) is 0 Å². The van der Waals surface area contributed by atoms with Crippen molar-refractivity contribution in [1.82, 2.24) is 47.3 Å². The van der Waals surface area contributed by atoms with E-state index in [1.54, 1.807) is 0 Å². The highest BCUT2D eigenvalue weighted by atomic mass is 15.1. The third kappa shape index (κ3) is 9.91. The average Bonchev–Trinajstić information content (AvgIpc) is 1.54. The smallest absolute Gasteiger partial charge is 0.165 e. The van der Waals surface area contributed by atoms with E-state index >= 15 is 0 Å². The molecule has 0 saturated carbocycles. The van der Waals surface area contributed by atoms with Crippen LogP contribution in [-0.2, 0) is 0 Å². The van der Waals surface area contributed by atoms with Gasteiger partial charge in [-0.25, -0.2) is 19.9 Å². The zero-order valence-electron chi connectivity index (χ0n) is 67.7. The normalized spacial score (nSPS) is 12.3. The summed E-state index contributed by atoms with van der Waals surface area (Å²) in [6.45, 7) is 0. The van der Waals surface area contributed by atoms with E-state index in [1.165, 1.54) is 76.0 Å². The van der Waals surface area contributed by atoms with Crippen LogP contribution >= 0.6 is 0 Å². The quantitative estimate of drug-likeness (QED) is 0.144. The van der Waals surface area contributed by atoms with Crippen LogP contribution in [0.2, 0.25) is 0 Å². The Morgan fingerprint density at radius 1 is 0.151 bits per heavy atom. The van der Waals surface area contributed by atoms with Crippen LogP contribution < -0.4 is 0 Å². The van der Waals surface area contributed by atoms with Crippen molar-refractivity contribution in [3.05, 3.63) is 413 Å². The first-order chi connectivity index (χ1) is 62.5. The molecular weight excluding hydrogens is 1530 g/mol. The monoisotopic (exact) mass is 1600 g/mol. The SMILES string of the molecule is c1ccc2cc(-c3nc4ccccc4nc3-n3c4ccccc4c4ccc(-n5c6ccccc6c6c7c8ccccc8n(-c8ccc9cc(-c%10ccc%11ccc(-c%12nc%13ccccc%13nc%12-n%12c%13ccccc%13c%13ccc(-n%14c%15ccccc%15c%15c%16c%17ccccc%17n(-c%17cccc%18ccccc%17%18)c%16ccc%15%14)cc%13%12)cc%11c%10)ccc9c8)c7ccc65)cc43)ccc2c1. The largest absolute Gasteiger partial charge is 0.309 e. The van der Waals surface area contributed by atoms with Gasteiger partial charge in [0.1, 0.15) is 11.4 Å². The summed E-state index contributed by atoms with van der Waals surface area (Å²) in [5.74, 6) is 1.55. The maximum atomic E-state index is 5.68. The number of nitrogens with zero attached hydrogens (tertiary/aromatic N) is 10. The van der Waals surface area contributed by atoms with Gasteiger partial charge in [0.25, 0.3) is 0 Å². The molecule has 0 amide bonds. The highest BCUT2D eigenvalue weighted by Crippen LogP contribution is 2.49. The van der Waals surface area contributed by atoms with Crippen molar-refractivity contribution >= 4 is 196 Å². The van der Waals surface area contributed by atoms with Crippen molar-refractivity contribution in [3.63, 3.8) is 0 Å². The minimum atomic E-state index is 0.765. The van der Waals surface area contributed by atoms with E-state index in [0.717, 1.165) is 188 Å². The van der Waals surface area contributed by atoms with E-state index in [4.69, 9.17) is 19.9 Å². The lowest BCUT2D eigenvalue weighted by Crippen LogP contribution is -2.04. The van der Waals surface area contributed by atoms with E-state index in [-0.39, 0.29) is 0 Å². The minimum Gasteiger partial charge on any atom is -0.309 e. The molecule has 0 fully saturated rings. The lowest BCUT2D eigenvalue weighted by molar-refractivity contribution is 1.08. The van der Waals surface area contributed by atoms with E-state index in [9.17, 15) is 0 Å². The Labute approximate surface area is 719 Å². The molecule has 0 N–H and O–H groups in total. The second-order valence-electron chi connectivity index (χ2n) is 33.6. The van der Waals surface area contributed by atoms with Gasteiger partial charge in [0.05, 0.1) is 94.0 Å². The molecule has 28 aromatic rings. The van der Waals surface area contributed by atoms with Crippen LogP contribution in [0.1, 0.15) is 0 Å². The molecule has 10 heteroatoms. The number of rotatable bonds is 9. The van der Waals surface area contributed by atoms with Gasteiger partial charge in [-0.3, -0.25) is 9.13 Å². The first-order valence-electron chi connectivity index (χ1n) is 43.1. The lowest BCUT2D eigenvalue weighted by atomic mass is 9.97. The van der Waals surface area contributed by atoms with Crippen LogP contribution in [0.3, 0.4) is 0 Å². The van der Waals surface area contributed by atoms with Gasteiger partial charge in [-0.05, 0) is 200 Å². The summed E-state index contributed by atoms with van der Waals surface area (Å²) in [6, 6.07) is 151. The Morgan fingerprint density at radius 3 is 0.944 bits per heavy atom. The topological polar surface area (TPSA) is 81.1 Å². The molecule has 582 valence electrons. The highest BCUT2D eigenvalue weighted by molar-refractivity contribution is 6.31. The molecule has 0 aliphatic heterocycles. The fraction of sp³-hybridized carbons (Fsp3) is 0. The van der Waals surface area contributed by atoms with E-state index in [2.05, 4.69) is 428 Å². The van der Waals surface area contributed by atoms with E-state index in [0.29, 0.717) is 0 Å². The summed E-state index contributed by atoms with van der Waals surface area (Å²) in [4.78, 5) is 22.3. The number of hydrogen-bond acceptors (Lipinski definition) is 4. The number of benzene rings is 20. The molecule has 0 saturated heterocycles. The van der Waals surface area contributed by atoms with E-state index in [1.807, 2.05) is 12.1 Å². The van der Waals surface area contributed by atoms with Crippen molar-refractivity contribution in [1.29, 1.82) is 0 Å². The van der Waals surface area contributed by atoms with Crippen molar-refractivity contribution in [3.8, 4) is 68.0 Å². The third-order valence-electron chi connectivity index (χ3n) is 26.9. The van der Waals surface area contributed by atoms with Gasteiger partial charge < -0.3 is 18.3 Å². The molecule has 0 atom stereocenters. The van der Waals surface area contributed by atoms with Gasteiger partial charge >= 0.3 is 0 Å². The second kappa shape index (κ2) is 26.2.